The van der Waals surface area contributed by atoms with E-state index in [2.05, 4.69) is 9.97 Å². The van der Waals surface area contributed by atoms with Crippen LogP contribution < -0.4 is 16.0 Å². The zero-order chi connectivity index (χ0) is 11.7. The van der Waals surface area contributed by atoms with Gasteiger partial charge in [0, 0.05) is 6.42 Å². The highest BCUT2D eigenvalue weighted by Gasteiger charge is 2.37. The molecule has 3 atom stereocenters. The third-order valence-corrected chi connectivity index (χ3v) is 2.49. The van der Waals surface area contributed by atoms with Gasteiger partial charge in [0.05, 0.1) is 12.7 Å². The van der Waals surface area contributed by atoms with Gasteiger partial charge in [0.25, 0.3) is 0 Å². The third-order valence-electron chi connectivity index (χ3n) is 2.49. The van der Waals surface area contributed by atoms with Gasteiger partial charge < -0.3 is 20.7 Å². The minimum absolute atomic E-state index is 0.0125. The molecule has 0 saturated carbocycles. The summed E-state index contributed by atoms with van der Waals surface area (Å²) in [4.78, 5) is 17.5. The van der Waals surface area contributed by atoms with E-state index in [-0.39, 0.29) is 19.0 Å². The number of aromatic amines is 1. The minimum Gasteiger partial charge on any atom is -0.394 e. The Kier molecular flexibility index (Phi) is 2.86. The van der Waals surface area contributed by atoms with E-state index in [0.717, 1.165) is 0 Å². The summed E-state index contributed by atoms with van der Waals surface area (Å²) >= 11 is 0. The van der Waals surface area contributed by atoms with Crippen LogP contribution in [-0.4, -0.2) is 39.0 Å². The van der Waals surface area contributed by atoms with Crippen LogP contribution in [0.4, 0.5) is 5.95 Å². The van der Waals surface area contributed by atoms with Crippen LogP contribution in [0.1, 0.15) is 12.6 Å². The van der Waals surface area contributed by atoms with Crippen LogP contribution in [0, 0.1) is 0 Å². The van der Waals surface area contributed by atoms with Crippen molar-refractivity contribution in [3.8, 4) is 0 Å². The molecule has 8 nitrogen and oxygen atoms in total. The summed E-state index contributed by atoms with van der Waals surface area (Å²) < 4.78 is 6.48. The number of aromatic nitrogens is 3. The predicted molar refractivity (Wildman–Crippen MR) is 51.1 cm³/mol. The lowest BCUT2D eigenvalue weighted by atomic mass is 10.2. The normalized spacial score (nSPS) is 29.5. The Labute approximate surface area is 90.3 Å². The number of nitrogens with two attached hydrogens (primary N) is 1. The first kappa shape index (κ1) is 11.0. The molecule has 0 unspecified atom stereocenters. The van der Waals surface area contributed by atoms with Gasteiger partial charge in [-0.05, 0) is 0 Å². The number of anilines is 1. The van der Waals surface area contributed by atoms with E-state index in [1.54, 1.807) is 0 Å². The highest BCUT2D eigenvalue weighted by molar-refractivity contribution is 5.07. The Hall–Kier alpha value is -1.51. The first-order chi connectivity index (χ1) is 7.61. The van der Waals surface area contributed by atoms with Crippen molar-refractivity contribution in [1.82, 2.24) is 9.97 Å². The molecule has 2 heterocycles. The molecular weight excluding hydrogens is 216 g/mol. The second-order valence-corrected chi connectivity index (χ2v) is 3.58. The molecule has 0 aliphatic carbocycles. The molecule has 1 aromatic heterocycles. The van der Waals surface area contributed by atoms with Gasteiger partial charge in [-0.15, -0.1) is 0 Å². The van der Waals surface area contributed by atoms with E-state index in [9.17, 15) is 9.90 Å². The maximum absolute atomic E-state index is 11.5. The van der Waals surface area contributed by atoms with Crippen molar-refractivity contribution in [3.05, 3.63) is 16.8 Å². The van der Waals surface area contributed by atoms with E-state index in [1.807, 2.05) is 0 Å². The largest absolute Gasteiger partial charge is 0.446 e. The molecule has 0 spiro atoms. The van der Waals surface area contributed by atoms with Crippen molar-refractivity contribution in [2.75, 3.05) is 12.3 Å². The minimum atomic E-state index is -0.792. The zero-order valence-electron chi connectivity index (χ0n) is 8.41. The van der Waals surface area contributed by atoms with Crippen LogP contribution >= 0.6 is 0 Å². The average molecular weight is 229 g/mol. The first-order valence-corrected chi connectivity index (χ1v) is 4.82. The number of nitrogens with zero attached hydrogens (tertiary/aromatic N) is 2. The van der Waals surface area contributed by atoms with Gasteiger partial charge in [-0.1, -0.05) is 4.98 Å². The van der Waals surface area contributed by atoms with E-state index < -0.39 is 24.1 Å². The van der Waals surface area contributed by atoms with Gasteiger partial charge in [-0.3, -0.25) is 0 Å². The fourth-order valence-corrected chi connectivity index (χ4v) is 1.64. The summed E-state index contributed by atoms with van der Waals surface area (Å²) in [5.74, 6) is 0.0125. The van der Waals surface area contributed by atoms with Crippen LogP contribution in [0.2, 0.25) is 0 Å². The number of hydrogen-bond donors (Lipinski definition) is 4. The standard InChI is InChI=1S/C8H12N4O4/c9-7-10-3-12(8(15)11-7)6-1-4(14)5(2-13)16-6/h3-6,13-14H,1-2H2,(H2,9,11,15)/p+1/t4-,5-,6-/m1/s1. The molecule has 1 aliphatic rings. The molecular formula is C8H13N4O4+. The smallest absolute Gasteiger partial charge is 0.394 e. The number of aliphatic hydroxyl groups excluding tert-OH is 2. The summed E-state index contributed by atoms with van der Waals surface area (Å²) in [6, 6.07) is 0. The van der Waals surface area contributed by atoms with E-state index in [4.69, 9.17) is 15.6 Å². The number of nitrogens with one attached hydrogen (secondary N) is 1. The number of ether oxygens (including phenoxy) is 1. The zero-order valence-corrected chi connectivity index (χ0v) is 8.41. The van der Waals surface area contributed by atoms with E-state index >= 15 is 0 Å². The summed E-state index contributed by atoms with van der Waals surface area (Å²) in [7, 11) is 0. The number of rotatable bonds is 2. The van der Waals surface area contributed by atoms with Gasteiger partial charge in [0.2, 0.25) is 6.33 Å². The van der Waals surface area contributed by atoms with Crippen molar-refractivity contribution in [2.24, 2.45) is 0 Å². The van der Waals surface area contributed by atoms with Gasteiger partial charge in [0.1, 0.15) is 6.10 Å². The fraction of sp³-hybridized carbons (Fsp3) is 0.625. The lowest BCUT2D eigenvalue weighted by Gasteiger charge is -2.09. The van der Waals surface area contributed by atoms with E-state index in [1.165, 1.54) is 10.9 Å². The average Bonchev–Trinajstić information content (AvgIpc) is 2.59. The lowest BCUT2D eigenvalue weighted by molar-refractivity contribution is -0.776. The van der Waals surface area contributed by atoms with Crippen LogP contribution in [0.5, 0.6) is 0 Å². The molecule has 0 radical (unpaired) electrons. The molecule has 0 bridgehead atoms. The topological polar surface area (TPSA) is 125 Å². The molecule has 0 amide bonds. The van der Waals surface area contributed by atoms with Crippen molar-refractivity contribution in [1.29, 1.82) is 0 Å². The molecule has 5 N–H and O–H groups in total. The number of nitrogen functional groups attached to an aromatic ring is 1. The summed E-state index contributed by atoms with van der Waals surface area (Å²) in [6.45, 7) is -0.293. The second kappa shape index (κ2) is 4.16. The maximum atomic E-state index is 11.5. The Morgan fingerprint density at radius 2 is 2.50 bits per heavy atom. The van der Waals surface area contributed by atoms with Crippen LogP contribution in [0.15, 0.2) is 11.1 Å². The monoisotopic (exact) mass is 229 g/mol. The van der Waals surface area contributed by atoms with Crippen molar-refractivity contribution >= 4 is 5.95 Å². The Morgan fingerprint density at radius 1 is 1.75 bits per heavy atom. The maximum Gasteiger partial charge on any atom is 0.446 e. The van der Waals surface area contributed by atoms with Crippen molar-refractivity contribution < 1.29 is 19.5 Å². The molecule has 88 valence electrons. The third kappa shape index (κ3) is 1.90. The molecule has 8 heteroatoms. The van der Waals surface area contributed by atoms with Crippen LogP contribution in [-0.2, 0) is 4.74 Å². The Morgan fingerprint density at radius 3 is 3.06 bits per heavy atom. The van der Waals surface area contributed by atoms with Gasteiger partial charge in [-0.25, -0.2) is 4.79 Å². The Bertz CT molecular complexity index is 434. The lowest BCUT2D eigenvalue weighted by Crippen LogP contribution is -2.55. The summed E-state index contributed by atoms with van der Waals surface area (Å²) in [5, 5.41) is 18.4. The van der Waals surface area contributed by atoms with Gasteiger partial charge in [-0.2, -0.15) is 9.55 Å². The molecule has 1 fully saturated rings. The quantitative estimate of drug-likeness (QED) is 0.408. The summed E-state index contributed by atoms with van der Waals surface area (Å²) in [5.41, 5.74) is 4.83. The SMILES string of the molecule is Nc1nc[n+]([C@H]2C[C@@H](O)[C@@H](CO)O2)c(=O)[nH]1. The predicted octanol–water partition coefficient (Wildman–Crippen LogP) is -2.72. The van der Waals surface area contributed by atoms with Crippen molar-refractivity contribution in [3.63, 3.8) is 0 Å². The molecule has 2 rings (SSSR count). The molecule has 0 aromatic carbocycles. The number of hydrogen-bond acceptors (Lipinski definition) is 6. The number of aliphatic hydroxyl groups is 2. The van der Waals surface area contributed by atoms with Gasteiger partial charge >= 0.3 is 11.6 Å². The molecule has 1 saturated heterocycles. The Balaban J connectivity index is 2.23. The highest BCUT2D eigenvalue weighted by atomic mass is 16.5. The van der Waals surface area contributed by atoms with Crippen molar-refractivity contribution in [2.45, 2.75) is 24.9 Å². The van der Waals surface area contributed by atoms with Gasteiger partial charge in [0.15, 0.2) is 6.23 Å². The fourth-order valence-electron chi connectivity index (χ4n) is 1.64. The first-order valence-electron chi connectivity index (χ1n) is 4.82. The summed E-state index contributed by atoms with van der Waals surface area (Å²) in [6.07, 6.45) is -0.631. The van der Waals surface area contributed by atoms with Crippen LogP contribution in [0.25, 0.3) is 0 Å². The second-order valence-electron chi connectivity index (χ2n) is 3.58. The van der Waals surface area contributed by atoms with Crippen LogP contribution in [0.3, 0.4) is 0 Å². The van der Waals surface area contributed by atoms with E-state index in [0.29, 0.717) is 0 Å². The molecule has 1 aliphatic heterocycles. The molecule has 1 aromatic rings. The molecule has 16 heavy (non-hydrogen) atoms. The number of H-pyrrole nitrogens is 1. The highest BCUT2D eigenvalue weighted by Crippen LogP contribution is 2.23.